The molecule has 2 heterocycles. The maximum atomic E-state index is 12.1. The van der Waals surface area contributed by atoms with Gasteiger partial charge in [-0.2, -0.15) is 5.10 Å². The van der Waals surface area contributed by atoms with Crippen molar-refractivity contribution in [1.82, 2.24) is 14.6 Å². The summed E-state index contributed by atoms with van der Waals surface area (Å²) in [6.45, 7) is 15.1. The van der Waals surface area contributed by atoms with Gasteiger partial charge in [0.1, 0.15) is 17.6 Å². The molecule has 7 nitrogen and oxygen atoms in total. The van der Waals surface area contributed by atoms with Crippen molar-refractivity contribution in [2.45, 2.75) is 52.8 Å². The van der Waals surface area contributed by atoms with E-state index in [9.17, 15) is 4.79 Å². The van der Waals surface area contributed by atoms with Crippen LogP contribution in [0.5, 0.6) is 5.75 Å². The second-order valence-corrected chi connectivity index (χ2v) is 13.8. The smallest absolute Gasteiger partial charge is 0.339 e. The summed E-state index contributed by atoms with van der Waals surface area (Å²) < 4.78 is 13.0. The fourth-order valence-electron chi connectivity index (χ4n) is 2.92. The highest BCUT2D eigenvalue weighted by Crippen LogP contribution is 2.39. The van der Waals surface area contributed by atoms with Crippen LogP contribution in [0.2, 0.25) is 18.1 Å². The van der Waals surface area contributed by atoms with Crippen LogP contribution in [0.1, 0.15) is 42.3 Å². The molecule has 0 saturated heterocycles. The van der Waals surface area contributed by atoms with Gasteiger partial charge in [-0.05, 0) is 49.2 Å². The summed E-state index contributed by atoms with van der Waals surface area (Å²) in [5, 5.41) is 7.70. The van der Waals surface area contributed by atoms with E-state index in [1.54, 1.807) is 10.7 Å². The van der Waals surface area contributed by atoms with E-state index in [4.69, 9.17) is 9.16 Å². The van der Waals surface area contributed by atoms with Gasteiger partial charge in [-0.1, -0.05) is 26.8 Å². The number of fused-ring (bicyclic) bond motifs is 1. The van der Waals surface area contributed by atoms with Crippen molar-refractivity contribution in [3.63, 3.8) is 0 Å². The van der Waals surface area contributed by atoms with Crippen LogP contribution in [0.15, 0.2) is 30.7 Å². The normalized spacial score (nSPS) is 12.1. The Bertz CT molecular complexity index is 1100. The lowest BCUT2D eigenvalue weighted by Gasteiger charge is -2.37. The number of hydrogen-bond donors (Lipinski definition) is 1. The number of nitrogens with one attached hydrogen (secondary N) is 1. The first-order valence-electron chi connectivity index (χ1n) is 9.92. The molecule has 3 aromatic rings. The lowest BCUT2D eigenvalue weighted by molar-refractivity contribution is 0.0600. The van der Waals surface area contributed by atoms with Crippen molar-refractivity contribution in [2.24, 2.45) is 0 Å². The zero-order valence-corrected chi connectivity index (χ0v) is 20.0. The number of rotatable bonds is 5. The van der Waals surface area contributed by atoms with E-state index in [1.165, 1.54) is 13.4 Å². The zero-order valence-electron chi connectivity index (χ0n) is 19.0. The van der Waals surface area contributed by atoms with E-state index in [0.29, 0.717) is 11.4 Å². The molecule has 0 aliphatic rings. The number of ether oxygens (including phenoxy) is 1. The monoisotopic (exact) mass is 426 g/mol. The molecule has 0 saturated carbocycles. The number of benzene rings is 1. The molecule has 0 aliphatic heterocycles. The first-order chi connectivity index (χ1) is 13.9. The summed E-state index contributed by atoms with van der Waals surface area (Å²) in [6, 6.07) is 6.04. The minimum atomic E-state index is -1.97. The van der Waals surface area contributed by atoms with Crippen LogP contribution in [0.25, 0.3) is 5.52 Å². The molecule has 0 bridgehead atoms. The Kier molecular flexibility index (Phi) is 5.64. The number of anilines is 2. The molecule has 0 unspecified atom stereocenters. The van der Waals surface area contributed by atoms with E-state index < -0.39 is 14.3 Å². The Hall–Kier alpha value is -2.87. The summed E-state index contributed by atoms with van der Waals surface area (Å²) in [7, 11) is -0.601. The fraction of sp³-hybridized carbons (Fsp3) is 0.409. The van der Waals surface area contributed by atoms with Crippen molar-refractivity contribution < 1.29 is 14.0 Å². The molecular formula is C22H30N4O3Si. The minimum Gasteiger partial charge on any atom is -0.543 e. The highest BCUT2D eigenvalue weighted by molar-refractivity contribution is 6.74. The number of carbonyl (C=O) groups is 1. The van der Waals surface area contributed by atoms with Crippen LogP contribution in [0.3, 0.4) is 0 Å². The van der Waals surface area contributed by atoms with Gasteiger partial charge < -0.3 is 14.5 Å². The van der Waals surface area contributed by atoms with Crippen LogP contribution in [-0.2, 0) is 4.74 Å². The van der Waals surface area contributed by atoms with Crippen LogP contribution < -0.4 is 9.74 Å². The van der Waals surface area contributed by atoms with E-state index >= 15 is 0 Å². The van der Waals surface area contributed by atoms with E-state index in [0.717, 1.165) is 28.1 Å². The summed E-state index contributed by atoms with van der Waals surface area (Å²) in [5.41, 5.74) is 3.90. The lowest BCUT2D eigenvalue weighted by atomic mass is 10.2. The van der Waals surface area contributed by atoms with Gasteiger partial charge in [-0.25, -0.2) is 14.3 Å². The van der Waals surface area contributed by atoms with Crippen LogP contribution in [0.4, 0.5) is 11.5 Å². The third kappa shape index (κ3) is 4.05. The Morgan fingerprint density at radius 2 is 1.90 bits per heavy atom. The molecule has 160 valence electrons. The second kappa shape index (κ2) is 7.75. The van der Waals surface area contributed by atoms with Gasteiger partial charge in [-0.3, -0.25) is 0 Å². The number of methoxy groups -OCH3 is 1. The third-order valence-electron chi connectivity index (χ3n) is 5.85. The van der Waals surface area contributed by atoms with Crippen molar-refractivity contribution in [3.05, 3.63) is 47.4 Å². The molecule has 0 radical (unpaired) electrons. The standard InChI is InChI=1S/C22H30N4O3Si/c1-14-9-10-16(11-18(14)29-30(7,8)22(3,4)5)25-20-19-15(2)17(21(27)28-6)12-26(19)24-13-23-20/h9-13H,1-8H3,(H,23,24,25). The molecule has 0 atom stereocenters. The summed E-state index contributed by atoms with van der Waals surface area (Å²) in [4.78, 5) is 16.5. The quantitative estimate of drug-likeness (QED) is 0.443. The molecule has 2 aromatic heterocycles. The number of carbonyl (C=O) groups excluding carboxylic acids is 1. The van der Waals surface area contributed by atoms with Crippen molar-refractivity contribution in [3.8, 4) is 5.75 Å². The van der Waals surface area contributed by atoms with Gasteiger partial charge in [0.2, 0.25) is 8.32 Å². The molecule has 1 N–H and O–H groups in total. The van der Waals surface area contributed by atoms with E-state index in [-0.39, 0.29) is 5.04 Å². The van der Waals surface area contributed by atoms with E-state index in [1.807, 2.05) is 25.1 Å². The van der Waals surface area contributed by atoms with Gasteiger partial charge in [0.15, 0.2) is 5.82 Å². The Balaban J connectivity index is 1.99. The maximum absolute atomic E-state index is 12.1. The highest BCUT2D eigenvalue weighted by atomic mass is 28.4. The molecule has 1 aromatic carbocycles. The molecule has 30 heavy (non-hydrogen) atoms. The van der Waals surface area contributed by atoms with Crippen molar-refractivity contribution >= 4 is 31.3 Å². The number of aryl methyl sites for hydroxylation is 2. The molecule has 0 amide bonds. The van der Waals surface area contributed by atoms with Crippen molar-refractivity contribution in [1.29, 1.82) is 0 Å². The van der Waals surface area contributed by atoms with Gasteiger partial charge in [0.05, 0.1) is 12.7 Å². The lowest BCUT2D eigenvalue weighted by Crippen LogP contribution is -2.44. The average molecular weight is 427 g/mol. The summed E-state index contributed by atoms with van der Waals surface area (Å²) >= 11 is 0. The van der Waals surface area contributed by atoms with Crippen molar-refractivity contribution in [2.75, 3.05) is 12.4 Å². The Morgan fingerprint density at radius 3 is 2.53 bits per heavy atom. The summed E-state index contributed by atoms with van der Waals surface area (Å²) in [5.74, 6) is 1.09. The molecule has 0 aliphatic carbocycles. The SMILES string of the molecule is COC(=O)c1cn2ncnc(Nc3ccc(C)c(O[Si](C)(C)C(C)(C)C)c3)c2c1C. The zero-order chi connectivity index (χ0) is 22.3. The fourth-order valence-corrected chi connectivity index (χ4v) is 4.00. The molecule has 8 heteroatoms. The Labute approximate surface area is 178 Å². The first-order valence-corrected chi connectivity index (χ1v) is 12.8. The largest absolute Gasteiger partial charge is 0.543 e. The summed E-state index contributed by atoms with van der Waals surface area (Å²) in [6.07, 6.45) is 3.11. The number of esters is 1. The Morgan fingerprint density at radius 1 is 1.20 bits per heavy atom. The van der Waals surface area contributed by atoms with Gasteiger partial charge in [0.25, 0.3) is 0 Å². The number of nitrogens with zero attached hydrogens (tertiary/aromatic N) is 3. The predicted octanol–water partition coefficient (Wildman–Crippen LogP) is 5.26. The maximum Gasteiger partial charge on any atom is 0.339 e. The third-order valence-corrected chi connectivity index (χ3v) is 10.2. The molecular weight excluding hydrogens is 396 g/mol. The average Bonchev–Trinajstić information content (AvgIpc) is 3.00. The van der Waals surface area contributed by atoms with E-state index in [2.05, 4.69) is 56.2 Å². The second-order valence-electron chi connectivity index (χ2n) is 9.03. The minimum absolute atomic E-state index is 0.106. The highest BCUT2D eigenvalue weighted by Gasteiger charge is 2.39. The van der Waals surface area contributed by atoms with Gasteiger partial charge >= 0.3 is 5.97 Å². The molecule has 3 rings (SSSR count). The van der Waals surface area contributed by atoms with Crippen LogP contribution in [0, 0.1) is 13.8 Å². The molecule has 0 fully saturated rings. The van der Waals surface area contributed by atoms with Gasteiger partial charge in [-0.15, -0.1) is 0 Å². The van der Waals surface area contributed by atoms with Crippen LogP contribution >= 0.6 is 0 Å². The first kappa shape index (κ1) is 21.8. The van der Waals surface area contributed by atoms with Gasteiger partial charge in [0, 0.05) is 18.0 Å². The van der Waals surface area contributed by atoms with Crippen LogP contribution in [-0.4, -0.2) is 36.0 Å². The predicted molar refractivity (Wildman–Crippen MR) is 121 cm³/mol. The topological polar surface area (TPSA) is 77.8 Å². The number of aromatic nitrogens is 3. The molecule has 0 spiro atoms. The number of hydrogen-bond acceptors (Lipinski definition) is 6.